The number of thiocarbonyl (C=S) groups is 1. The molecule has 0 spiro atoms. The molecule has 0 aliphatic heterocycles. The zero-order chi connectivity index (χ0) is 12.9. The molecule has 2 atom stereocenters. The summed E-state index contributed by atoms with van der Waals surface area (Å²) in [5, 5.41) is 6.04. The highest BCUT2D eigenvalue weighted by atomic mass is 32.1. The lowest BCUT2D eigenvalue weighted by molar-refractivity contribution is 0.0483. The molecule has 5 heteroatoms. The van der Waals surface area contributed by atoms with Crippen LogP contribution in [-0.4, -0.2) is 29.3 Å². The van der Waals surface area contributed by atoms with Gasteiger partial charge in [0.1, 0.15) is 5.60 Å². The molecule has 0 bridgehead atoms. The minimum absolute atomic E-state index is 0.109. The summed E-state index contributed by atoms with van der Waals surface area (Å²) in [6.07, 6.45) is 3.97. The van der Waals surface area contributed by atoms with Crippen LogP contribution in [0.5, 0.6) is 0 Å². The van der Waals surface area contributed by atoms with Gasteiger partial charge in [-0.25, -0.2) is 4.79 Å². The first-order valence-corrected chi connectivity index (χ1v) is 6.59. The van der Waals surface area contributed by atoms with Gasteiger partial charge in [0.25, 0.3) is 0 Å². The summed E-state index contributed by atoms with van der Waals surface area (Å²) in [4.78, 5) is 11.7. The maximum Gasteiger partial charge on any atom is 0.407 e. The van der Waals surface area contributed by atoms with Crippen LogP contribution < -0.4 is 10.6 Å². The van der Waals surface area contributed by atoms with Gasteiger partial charge in [0, 0.05) is 6.04 Å². The molecule has 4 nitrogen and oxygen atoms in total. The van der Waals surface area contributed by atoms with Crippen LogP contribution in [0, 0.1) is 0 Å². The van der Waals surface area contributed by atoms with Crippen molar-refractivity contribution < 1.29 is 9.53 Å². The number of hydrogen-bond donors (Lipinski definition) is 2. The van der Waals surface area contributed by atoms with Crippen LogP contribution in [0.1, 0.15) is 46.5 Å². The predicted octanol–water partition coefficient (Wildman–Crippen LogP) is 2.37. The second-order valence-corrected chi connectivity index (χ2v) is 5.66. The van der Waals surface area contributed by atoms with Gasteiger partial charge in [-0.15, -0.1) is 0 Å². The third-order valence-corrected chi connectivity index (χ3v) is 2.89. The van der Waals surface area contributed by atoms with Crippen molar-refractivity contribution in [2.24, 2.45) is 0 Å². The smallest absolute Gasteiger partial charge is 0.407 e. The van der Waals surface area contributed by atoms with Gasteiger partial charge in [-0.3, -0.25) is 0 Å². The molecule has 0 saturated heterocycles. The molecule has 1 fully saturated rings. The van der Waals surface area contributed by atoms with E-state index >= 15 is 0 Å². The molecule has 1 saturated carbocycles. The first-order chi connectivity index (χ1) is 7.92. The second kappa shape index (κ2) is 6.19. The number of amides is 1. The number of ether oxygens (including phenoxy) is 1. The fourth-order valence-electron chi connectivity index (χ4n) is 2.05. The van der Waals surface area contributed by atoms with E-state index in [0.29, 0.717) is 0 Å². The minimum atomic E-state index is -0.453. The Morgan fingerprint density at radius 3 is 2.41 bits per heavy atom. The SMILES string of the molecule is CC(C)(C)OC(=O)NC1CCCCC1NC=S. The molecule has 2 N–H and O–H groups in total. The average molecular weight is 258 g/mol. The summed E-state index contributed by atoms with van der Waals surface area (Å²) in [6.45, 7) is 5.58. The lowest BCUT2D eigenvalue weighted by Gasteiger charge is -2.32. The van der Waals surface area contributed by atoms with Gasteiger partial charge in [0.05, 0.1) is 11.5 Å². The van der Waals surface area contributed by atoms with E-state index < -0.39 is 5.60 Å². The Labute approximate surface area is 108 Å². The highest BCUT2D eigenvalue weighted by molar-refractivity contribution is 7.78. The van der Waals surface area contributed by atoms with Crippen LogP contribution >= 0.6 is 12.2 Å². The number of rotatable bonds is 3. The zero-order valence-corrected chi connectivity index (χ0v) is 11.6. The number of carbonyl (C=O) groups excluding carboxylic acids is 1. The van der Waals surface area contributed by atoms with E-state index in [4.69, 9.17) is 17.0 Å². The zero-order valence-electron chi connectivity index (χ0n) is 10.8. The van der Waals surface area contributed by atoms with E-state index in [1.54, 1.807) is 0 Å². The lowest BCUT2D eigenvalue weighted by atomic mass is 9.90. The van der Waals surface area contributed by atoms with Crippen molar-refractivity contribution in [1.29, 1.82) is 0 Å². The number of hydrogen-bond acceptors (Lipinski definition) is 3. The monoisotopic (exact) mass is 258 g/mol. The van der Waals surface area contributed by atoms with Gasteiger partial charge in [-0.2, -0.15) is 0 Å². The highest BCUT2D eigenvalue weighted by Crippen LogP contribution is 2.19. The van der Waals surface area contributed by atoms with Crippen molar-refractivity contribution in [1.82, 2.24) is 10.6 Å². The van der Waals surface area contributed by atoms with Gasteiger partial charge in [0.2, 0.25) is 0 Å². The van der Waals surface area contributed by atoms with Crippen LogP contribution in [0.25, 0.3) is 0 Å². The van der Waals surface area contributed by atoms with Crippen LogP contribution in [-0.2, 0) is 4.74 Å². The minimum Gasteiger partial charge on any atom is -0.444 e. The molecule has 1 aliphatic rings. The Kier molecular flexibility index (Phi) is 5.18. The van der Waals surface area contributed by atoms with Crippen molar-refractivity contribution in [2.75, 3.05) is 0 Å². The maximum absolute atomic E-state index is 11.7. The van der Waals surface area contributed by atoms with E-state index in [9.17, 15) is 4.79 Å². The number of alkyl carbamates (subject to hydrolysis) is 1. The fourth-order valence-corrected chi connectivity index (χ4v) is 2.22. The van der Waals surface area contributed by atoms with Gasteiger partial charge in [0.15, 0.2) is 0 Å². The molecule has 0 aromatic rings. The molecule has 0 heterocycles. The summed E-state index contributed by atoms with van der Waals surface area (Å²) < 4.78 is 5.25. The fraction of sp³-hybridized carbons (Fsp3) is 0.833. The Morgan fingerprint density at radius 1 is 1.29 bits per heavy atom. The molecule has 98 valence electrons. The summed E-state index contributed by atoms with van der Waals surface area (Å²) in [5.74, 6) is 0. The van der Waals surface area contributed by atoms with Crippen LogP contribution in [0.4, 0.5) is 4.79 Å². The Morgan fingerprint density at radius 2 is 1.88 bits per heavy atom. The van der Waals surface area contributed by atoms with Crippen molar-refractivity contribution in [2.45, 2.75) is 64.1 Å². The summed E-state index contributed by atoms with van der Waals surface area (Å²) in [5.41, 5.74) is 1.07. The molecule has 17 heavy (non-hydrogen) atoms. The Hall–Kier alpha value is -0.840. The quantitative estimate of drug-likeness (QED) is 0.763. The van der Waals surface area contributed by atoms with Gasteiger partial charge < -0.3 is 15.4 Å². The summed E-state index contributed by atoms with van der Waals surface area (Å²) >= 11 is 4.81. The standard InChI is InChI=1S/C12H22N2O2S/c1-12(2,3)16-11(15)14-10-7-5-4-6-9(10)13-8-17/h8-10H,4-7H2,1-3H3,(H,13,17)(H,14,15). The van der Waals surface area contributed by atoms with Gasteiger partial charge in [-0.1, -0.05) is 25.1 Å². The molecular weight excluding hydrogens is 236 g/mol. The van der Waals surface area contributed by atoms with E-state index in [-0.39, 0.29) is 18.2 Å². The number of nitrogens with one attached hydrogen (secondary N) is 2. The molecule has 0 radical (unpaired) electrons. The molecule has 0 aromatic carbocycles. The third-order valence-electron chi connectivity index (χ3n) is 2.75. The predicted molar refractivity (Wildman–Crippen MR) is 72.2 cm³/mol. The Bertz CT molecular complexity index is 276. The third kappa shape index (κ3) is 5.35. The van der Waals surface area contributed by atoms with Crippen molar-refractivity contribution >= 4 is 23.8 Å². The van der Waals surface area contributed by atoms with Crippen molar-refractivity contribution in [3.05, 3.63) is 0 Å². The average Bonchev–Trinajstić information content (AvgIpc) is 2.18. The van der Waals surface area contributed by atoms with Crippen LogP contribution in [0.3, 0.4) is 0 Å². The lowest BCUT2D eigenvalue weighted by Crippen LogP contribution is -2.52. The summed E-state index contributed by atoms with van der Waals surface area (Å²) in [6, 6.07) is 0.339. The second-order valence-electron chi connectivity index (χ2n) is 5.43. The van der Waals surface area contributed by atoms with E-state index in [1.807, 2.05) is 20.8 Å². The molecule has 2 unspecified atom stereocenters. The van der Waals surface area contributed by atoms with Crippen LogP contribution in [0.15, 0.2) is 0 Å². The topological polar surface area (TPSA) is 50.4 Å². The van der Waals surface area contributed by atoms with E-state index in [0.717, 1.165) is 19.3 Å². The van der Waals surface area contributed by atoms with E-state index in [1.165, 1.54) is 11.9 Å². The molecular formula is C12H22N2O2S. The first kappa shape index (κ1) is 14.2. The van der Waals surface area contributed by atoms with Gasteiger partial charge in [-0.05, 0) is 33.6 Å². The maximum atomic E-state index is 11.7. The molecule has 1 aliphatic carbocycles. The van der Waals surface area contributed by atoms with Gasteiger partial charge >= 0.3 is 6.09 Å². The van der Waals surface area contributed by atoms with E-state index in [2.05, 4.69) is 10.6 Å². The molecule has 1 amide bonds. The number of carbonyl (C=O) groups is 1. The van der Waals surface area contributed by atoms with Crippen molar-refractivity contribution in [3.63, 3.8) is 0 Å². The highest BCUT2D eigenvalue weighted by Gasteiger charge is 2.27. The first-order valence-electron chi connectivity index (χ1n) is 6.11. The molecule has 1 rings (SSSR count). The van der Waals surface area contributed by atoms with Crippen LogP contribution in [0.2, 0.25) is 0 Å². The molecule has 0 aromatic heterocycles. The van der Waals surface area contributed by atoms with Crippen molar-refractivity contribution in [3.8, 4) is 0 Å². The normalized spacial score (nSPS) is 24.9. The Balaban J connectivity index is 2.47. The summed E-state index contributed by atoms with van der Waals surface area (Å²) in [7, 11) is 0. The largest absolute Gasteiger partial charge is 0.444 e.